The lowest BCUT2D eigenvalue weighted by Gasteiger charge is -2.32. The van der Waals surface area contributed by atoms with E-state index < -0.39 is 5.97 Å². The molecule has 0 saturated carbocycles. The molecule has 2 aromatic rings. The van der Waals surface area contributed by atoms with Gasteiger partial charge >= 0.3 is 5.97 Å². The number of anilines is 1. The zero-order valence-corrected chi connectivity index (χ0v) is 11.9. The second kappa shape index (κ2) is 5.61. The van der Waals surface area contributed by atoms with Gasteiger partial charge in [0.25, 0.3) is 0 Å². The van der Waals surface area contributed by atoms with Gasteiger partial charge in [0.1, 0.15) is 12.2 Å². The molecule has 0 saturated heterocycles. The number of pyridine rings is 1. The summed E-state index contributed by atoms with van der Waals surface area (Å²) in [6, 6.07) is 6.98. The van der Waals surface area contributed by atoms with Crippen LogP contribution in [-0.4, -0.2) is 29.2 Å². The van der Waals surface area contributed by atoms with Gasteiger partial charge in [-0.3, -0.25) is 4.98 Å². The van der Waals surface area contributed by atoms with Gasteiger partial charge in [-0.1, -0.05) is 17.7 Å². The van der Waals surface area contributed by atoms with E-state index in [9.17, 15) is 9.90 Å². The number of aromatic carboxylic acids is 1. The van der Waals surface area contributed by atoms with Crippen molar-refractivity contribution in [3.63, 3.8) is 0 Å². The number of carbonyl (C=O) groups is 1. The number of hydrogen-bond acceptors (Lipinski definition) is 4. The number of nitrogens with zero attached hydrogens (tertiary/aromatic N) is 2. The van der Waals surface area contributed by atoms with Crippen molar-refractivity contribution in [1.82, 2.24) is 4.98 Å². The first kappa shape index (κ1) is 13.7. The van der Waals surface area contributed by atoms with Crippen LogP contribution in [0.2, 0.25) is 5.02 Å². The maximum Gasteiger partial charge on any atom is 0.339 e. The molecule has 0 atom stereocenters. The van der Waals surface area contributed by atoms with E-state index in [1.807, 2.05) is 12.1 Å². The highest BCUT2D eigenvalue weighted by atomic mass is 35.5. The summed E-state index contributed by atoms with van der Waals surface area (Å²) in [6.07, 6.45) is 3.29. The van der Waals surface area contributed by atoms with E-state index in [0.717, 1.165) is 11.3 Å². The van der Waals surface area contributed by atoms with Crippen LogP contribution in [0, 0.1) is 0 Å². The lowest BCUT2D eigenvalue weighted by atomic mass is 10.1. The van der Waals surface area contributed by atoms with E-state index in [1.165, 1.54) is 0 Å². The number of hydrogen-bond donors (Lipinski definition) is 1. The van der Waals surface area contributed by atoms with Gasteiger partial charge in [0.2, 0.25) is 0 Å². The maximum atomic E-state index is 11.3. The van der Waals surface area contributed by atoms with Crippen LogP contribution in [0.15, 0.2) is 36.7 Å². The van der Waals surface area contributed by atoms with Crippen molar-refractivity contribution in [2.75, 3.05) is 18.1 Å². The van der Waals surface area contributed by atoms with Crippen molar-refractivity contribution in [3.05, 3.63) is 52.8 Å². The van der Waals surface area contributed by atoms with Gasteiger partial charge in [-0.15, -0.1) is 0 Å². The molecule has 0 fully saturated rings. The second-order valence-corrected chi connectivity index (χ2v) is 5.10. The molecular weight excluding hydrogens is 292 g/mol. The smallest absolute Gasteiger partial charge is 0.339 e. The molecule has 6 heteroatoms. The van der Waals surface area contributed by atoms with Gasteiger partial charge in [-0.05, 0) is 23.8 Å². The van der Waals surface area contributed by atoms with Crippen LogP contribution in [0.5, 0.6) is 5.75 Å². The predicted molar refractivity (Wildman–Crippen MR) is 79.2 cm³/mol. The minimum Gasteiger partial charge on any atom is -0.489 e. The lowest BCUT2D eigenvalue weighted by Crippen LogP contribution is -2.33. The van der Waals surface area contributed by atoms with E-state index in [1.54, 1.807) is 24.5 Å². The van der Waals surface area contributed by atoms with Crippen molar-refractivity contribution < 1.29 is 14.6 Å². The van der Waals surface area contributed by atoms with Crippen LogP contribution >= 0.6 is 11.6 Å². The molecule has 1 aromatic heterocycles. The van der Waals surface area contributed by atoms with Gasteiger partial charge < -0.3 is 14.7 Å². The normalized spacial score (nSPS) is 13.5. The summed E-state index contributed by atoms with van der Waals surface area (Å²) in [4.78, 5) is 17.3. The molecule has 108 valence electrons. The average Bonchev–Trinajstić information content (AvgIpc) is 2.49. The SMILES string of the molecule is O=C(O)c1cccc2c1OCCN2Cc1ccncc1Cl. The topological polar surface area (TPSA) is 62.7 Å². The number of halogens is 1. The minimum atomic E-state index is -0.990. The summed E-state index contributed by atoms with van der Waals surface area (Å²) in [5, 5.41) is 9.83. The fourth-order valence-corrected chi connectivity index (χ4v) is 2.55. The largest absolute Gasteiger partial charge is 0.489 e. The van der Waals surface area contributed by atoms with Gasteiger partial charge in [0, 0.05) is 18.9 Å². The zero-order valence-electron chi connectivity index (χ0n) is 11.1. The molecule has 2 heterocycles. The Morgan fingerprint density at radius 3 is 3.05 bits per heavy atom. The van der Waals surface area contributed by atoms with E-state index in [-0.39, 0.29) is 5.56 Å². The summed E-state index contributed by atoms with van der Waals surface area (Å²) >= 11 is 6.14. The molecule has 3 rings (SSSR count). The Kier molecular flexibility index (Phi) is 3.66. The zero-order chi connectivity index (χ0) is 14.8. The third-order valence-corrected chi connectivity index (χ3v) is 3.73. The predicted octanol–water partition coefficient (Wildman–Crippen LogP) is 2.83. The van der Waals surface area contributed by atoms with Crippen molar-refractivity contribution in [3.8, 4) is 5.75 Å². The Bertz CT molecular complexity index is 690. The molecule has 0 aliphatic carbocycles. The standard InChI is InChI=1S/C15H13ClN2O3/c16-12-8-17-5-4-10(12)9-18-6-7-21-14-11(15(19)20)2-1-3-13(14)18/h1-5,8H,6-7,9H2,(H,19,20). The molecule has 0 radical (unpaired) electrons. The molecule has 1 aliphatic heterocycles. The summed E-state index contributed by atoms with van der Waals surface area (Å²) < 4.78 is 5.55. The molecular formula is C15H13ClN2O3. The van der Waals surface area contributed by atoms with Crippen LogP contribution in [0.25, 0.3) is 0 Å². The monoisotopic (exact) mass is 304 g/mol. The van der Waals surface area contributed by atoms with Crippen LogP contribution < -0.4 is 9.64 Å². The molecule has 1 N–H and O–H groups in total. The van der Waals surface area contributed by atoms with Crippen molar-refractivity contribution in [1.29, 1.82) is 0 Å². The summed E-state index contributed by atoms with van der Waals surface area (Å²) in [5.41, 5.74) is 1.90. The Balaban J connectivity index is 1.96. The number of fused-ring (bicyclic) bond motifs is 1. The maximum absolute atomic E-state index is 11.3. The molecule has 5 nitrogen and oxygen atoms in total. The van der Waals surface area contributed by atoms with Crippen molar-refractivity contribution in [2.24, 2.45) is 0 Å². The third-order valence-electron chi connectivity index (χ3n) is 3.39. The van der Waals surface area contributed by atoms with Gasteiger partial charge in [0.15, 0.2) is 5.75 Å². The third kappa shape index (κ3) is 2.64. The van der Waals surface area contributed by atoms with Crippen molar-refractivity contribution >= 4 is 23.3 Å². The minimum absolute atomic E-state index is 0.179. The first-order valence-corrected chi connectivity index (χ1v) is 6.87. The van der Waals surface area contributed by atoms with Crippen LogP contribution in [0.1, 0.15) is 15.9 Å². The summed E-state index contributed by atoms with van der Waals surface area (Å²) in [5.74, 6) is -0.572. The number of aromatic nitrogens is 1. The Hall–Kier alpha value is -2.27. The Morgan fingerprint density at radius 2 is 2.29 bits per heavy atom. The quantitative estimate of drug-likeness (QED) is 0.944. The second-order valence-electron chi connectivity index (χ2n) is 4.70. The van der Waals surface area contributed by atoms with Crippen LogP contribution in [0.3, 0.4) is 0 Å². The van der Waals surface area contributed by atoms with E-state index in [2.05, 4.69) is 9.88 Å². The molecule has 0 bridgehead atoms. The van der Waals surface area contributed by atoms with Gasteiger partial charge in [-0.25, -0.2) is 4.79 Å². The molecule has 1 aliphatic rings. The van der Waals surface area contributed by atoms with E-state index in [4.69, 9.17) is 16.3 Å². The van der Waals surface area contributed by atoms with E-state index >= 15 is 0 Å². The molecule has 0 spiro atoms. The number of carboxylic acids is 1. The molecule has 1 aromatic carbocycles. The molecule has 21 heavy (non-hydrogen) atoms. The van der Waals surface area contributed by atoms with E-state index in [0.29, 0.717) is 30.5 Å². The molecule has 0 amide bonds. The number of para-hydroxylation sites is 1. The number of rotatable bonds is 3. The summed E-state index contributed by atoms with van der Waals surface area (Å²) in [7, 11) is 0. The highest BCUT2D eigenvalue weighted by Crippen LogP contribution is 2.36. The molecule has 0 unspecified atom stereocenters. The summed E-state index contributed by atoms with van der Waals surface area (Å²) in [6.45, 7) is 1.70. The highest BCUT2D eigenvalue weighted by molar-refractivity contribution is 6.31. The lowest BCUT2D eigenvalue weighted by molar-refractivity contribution is 0.0692. The number of ether oxygens (including phenoxy) is 1. The Labute approximate surface area is 126 Å². The van der Waals surface area contributed by atoms with Gasteiger partial charge in [-0.2, -0.15) is 0 Å². The van der Waals surface area contributed by atoms with Crippen LogP contribution in [0.4, 0.5) is 5.69 Å². The number of carboxylic acid groups (broad SMARTS) is 1. The first-order valence-electron chi connectivity index (χ1n) is 6.49. The Morgan fingerprint density at radius 1 is 1.43 bits per heavy atom. The van der Waals surface area contributed by atoms with Crippen LogP contribution in [-0.2, 0) is 6.54 Å². The highest BCUT2D eigenvalue weighted by Gasteiger charge is 2.24. The number of benzene rings is 1. The van der Waals surface area contributed by atoms with Crippen molar-refractivity contribution in [2.45, 2.75) is 6.54 Å². The fraction of sp³-hybridized carbons (Fsp3) is 0.200. The van der Waals surface area contributed by atoms with Gasteiger partial charge in [0.05, 0.1) is 17.3 Å². The fourth-order valence-electron chi connectivity index (χ4n) is 2.37. The average molecular weight is 305 g/mol. The first-order chi connectivity index (χ1) is 10.2.